The Morgan fingerprint density at radius 2 is 1.93 bits per heavy atom. The quantitative estimate of drug-likeness (QED) is 0.488. The van der Waals surface area contributed by atoms with Crippen molar-refractivity contribution in [3.05, 3.63) is 40.7 Å². The molecule has 0 N–H and O–H groups in total. The molecule has 144 valence electrons. The number of sulfone groups is 1. The third kappa shape index (κ3) is 2.76. The van der Waals surface area contributed by atoms with Crippen LogP contribution in [0.2, 0.25) is 5.02 Å². The molecule has 1 fully saturated rings. The van der Waals surface area contributed by atoms with E-state index >= 15 is 0 Å². The molecule has 10 heteroatoms. The smallest absolute Gasteiger partial charge is 0.229 e. The minimum atomic E-state index is -3.90. The highest BCUT2D eigenvalue weighted by Gasteiger charge is 2.28. The van der Waals surface area contributed by atoms with E-state index in [1.807, 2.05) is 11.4 Å². The molecule has 0 radical (unpaired) electrons. The molecule has 0 spiro atoms. The first-order valence-electron chi connectivity index (χ1n) is 8.94. The predicted octanol–water partition coefficient (Wildman–Crippen LogP) is 3.82. The van der Waals surface area contributed by atoms with Gasteiger partial charge in [-0.15, -0.1) is 16.4 Å². The number of piperidine rings is 1. The fraction of sp³-hybridized carbons (Fsp3) is 0.278. The van der Waals surface area contributed by atoms with Crippen LogP contribution in [0.15, 0.2) is 45.6 Å². The van der Waals surface area contributed by atoms with E-state index in [1.54, 1.807) is 23.5 Å². The maximum Gasteiger partial charge on any atom is 0.229 e. The fourth-order valence-corrected chi connectivity index (χ4v) is 5.97. The summed E-state index contributed by atoms with van der Waals surface area (Å²) in [5.74, 6) is 0.807. The van der Waals surface area contributed by atoms with Crippen LogP contribution >= 0.6 is 22.9 Å². The van der Waals surface area contributed by atoms with Crippen molar-refractivity contribution in [2.75, 3.05) is 18.0 Å². The average molecular weight is 434 g/mol. The van der Waals surface area contributed by atoms with Gasteiger partial charge in [0.15, 0.2) is 11.5 Å². The summed E-state index contributed by atoms with van der Waals surface area (Å²) in [6.07, 6.45) is 3.41. The Morgan fingerprint density at radius 1 is 1.11 bits per heavy atom. The molecule has 1 saturated heterocycles. The molecule has 0 aliphatic carbocycles. The summed E-state index contributed by atoms with van der Waals surface area (Å²) in [6.45, 7) is 1.82. The number of thiophene rings is 1. The Bertz CT molecular complexity index is 1290. The molecule has 1 aliphatic rings. The van der Waals surface area contributed by atoms with E-state index in [9.17, 15) is 8.42 Å². The minimum absolute atomic E-state index is 0.0779. The molecule has 4 heterocycles. The summed E-state index contributed by atoms with van der Waals surface area (Å²) < 4.78 is 28.9. The highest BCUT2D eigenvalue weighted by Crippen LogP contribution is 2.34. The first-order chi connectivity index (χ1) is 13.6. The van der Waals surface area contributed by atoms with Crippen molar-refractivity contribution in [3.63, 3.8) is 0 Å². The molecule has 0 amide bonds. The molecule has 1 aromatic carbocycles. The molecule has 7 nitrogen and oxygen atoms in total. The number of rotatable bonds is 3. The second-order valence-corrected chi connectivity index (χ2v) is 9.93. The number of benzene rings is 1. The van der Waals surface area contributed by atoms with Gasteiger partial charge in [0.25, 0.3) is 0 Å². The number of hydrogen-bond acceptors (Lipinski definition) is 7. The van der Waals surface area contributed by atoms with Gasteiger partial charge in [-0.2, -0.15) is 4.52 Å². The molecular weight excluding hydrogens is 418 g/mol. The van der Waals surface area contributed by atoms with Crippen LogP contribution in [0.25, 0.3) is 15.9 Å². The summed E-state index contributed by atoms with van der Waals surface area (Å²) in [5.41, 5.74) is 1.06. The van der Waals surface area contributed by atoms with Crippen LogP contribution in [0, 0.1) is 0 Å². The molecule has 0 bridgehead atoms. The first-order valence-corrected chi connectivity index (χ1v) is 11.7. The van der Waals surface area contributed by atoms with Gasteiger partial charge in [-0.3, -0.25) is 0 Å². The van der Waals surface area contributed by atoms with Gasteiger partial charge >= 0.3 is 0 Å². The Labute approximate surface area is 170 Å². The summed E-state index contributed by atoms with van der Waals surface area (Å²) in [4.78, 5) is 7.04. The normalized spacial score (nSPS) is 15.5. The number of hydrogen-bond donors (Lipinski definition) is 0. The molecule has 0 unspecified atom stereocenters. The summed E-state index contributed by atoms with van der Waals surface area (Å²) in [5, 5.41) is 10.3. The lowest BCUT2D eigenvalue weighted by atomic mass is 10.1. The molecule has 1 aliphatic heterocycles. The first kappa shape index (κ1) is 17.8. The molecule has 4 aromatic rings. The Hall–Kier alpha value is -2.23. The van der Waals surface area contributed by atoms with E-state index in [0.29, 0.717) is 5.02 Å². The molecule has 5 rings (SSSR count). The van der Waals surface area contributed by atoms with Crippen LogP contribution in [0.3, 0.4) is 0 Å². The van der Waals surface area contributed by atoms with Gasteiger partial charge in [0.05, 0.1) is 15.1 Å². The van der Waals surface area contributed by atoms with E-state index in [-0.39, 0.29) is 15.6 Å². The van der Waals surface area contributed by atoms with E-state index in [1.165, 1.54) is 23.1 Å². The van der Waals surface area contributed by atoms with Gasteiger partial charge in [-0.1, -0.05) is 22.9 Å². The van der Waals surface area contributed by atoms with Crippen LogP contribution < -0.4 is 4.90 Å². The van der Waals surface area contributed by atoms with Gasteiger partial charge in [-0.05, 0) is 48.9 Å². The Kier molecular flexibility index (Phi) is 4.26. The second kappa shape index (κ2) is 6.68. The second-order valence-electron chi connectivity index (χ2n) is 6.71. The zero-order chi connectivity index (χ0) is 19.3. The summed E-state index contributed by atoms with van der Waals surface area (Å²) in [6, 6.07) is 8.07. The van der Waals surface area contributed by atoms with Crippen molar-refractivity contribution in [2.24, 2.45) is 0 Å². The third-order valence-corrected chi connectivity index (χ3v) is 7.70. The lowest BCUT2D eigenvalue weighted by Gasteiger charge is -2.28. The monoisotopic (exact) mass is 433 g/mol. The Balaban J connectivity index is 1.75. The molecular formula is C18H16ClN5O2S2. The Morgan fingerprint density at radius 3 is 2.71 bits per heavy atom. The molecule has 0 atom stereocenters. The maximum absolute atomic E-state index is 13.2. The van der Waals surface area contributed by atoms with E-state index in [4.69, 9.17) is 16.6 Å². The summed E-state index contributed by atoms with van der Waals surface area (Å²) >= 11 is 7.57. The van der Waals surface area contributed by atoms with Crippen LogP contribution in [0.4, 0.5) is 5.82 Å². The molecule has 3 aromatic heterocycles. The van der Waals surface area contributed by atoms with Gasteiger partial charge in [0.1, 0.15) is 0 Å². The number of nitrogens with zero attached hydrogens (tertiary/aromatic N) is 5. The standard InChI is InChI=1S/C18H16ClN5O2S2/c19-12-5-4-6-13(11-12)28(25,26)18-17-20-16(23-8-2-1-3-9-23)15-14(7-10-27-15)24(17)22-21-18/h4-7,10-11H,1-3,8-9H2. The highest BCUT2D eigenvalue weighted by atomic mass is 35.5. The molecule has 0 saturated carbocycles. The fourth-order valence-electron chi connectivity index (χ4n) is 3.55. The van der Waals surface area contributed by atoms with Crippen LogP contribution in [0.1, 0.15) is 19.3 Å². The van der Waals surface area contributed by atoms with Crippen molar-refractivity contribution in [3.8, 4) is 0 Å². The van der Waals surface area contributed by atoms with Gasteiger partial charge in [0.2, 0.25) is 14.9 Å². The van der Waals surface area contributed by atoms with Crippen molar-refractivity contribution in [2.45, 2.75) is 29.2 Å². The largest absolute Gasteiger partial charge is 0.355 e. The van der Waals surface area contributed by atoms with E-state index in [2.05, 4.69) is 15.2 Å². The SMILES string of the molecule is O=S(=O)(c1cccc(Cl)c1)c1nnn2c1nc(N1CCCCC1)c1sccc12. The number of fused-ring (bicyclic) bond motifs is 3. The van der Waals surface area contributed by atoms with Gasteiger partial charge in [0, 0.05) is 18.1 Å². The number of anilines is 1. The topological polar surface area (TPSA) is 80.5 Å². The van der Waals surface area contributed by atoms with Gasteiger partial charge < -0.3 is 4.90 Å². The van der Waals surface area contributed by atoms with Crippen LogP contribution in [0.5, 0.6) is 0 Å². The minimum Gasteiger partial charge on any atom is -0.355 e. The van der Waals surface area contributed by atoms with Crippen LogP contribution in [-0.4, -0.2) is 41.3 Å². The third-order valence-electron chi connectivity index (χ3n) is 4.92. The van der Waals surface area contributed by atoms with Crippen LogP contribution in [-0.2, 0) is 9.84 Å². The number of aromatic nitrogens is 4. The van der Waals surface area contributed by atoms with Crippen molar-refractivity contribution in [1.29, 1.82) is 0 Å². The average Bonchev–Trinajstić information content (AvgIpc) is 3.35. The zero-order valence-electron chi connectivity index (χ0n) is 14.7. The van der Waals surface area contributed by atoms with Crippen molar-refractivity contribution < 1.29 is 8.42 Å². The lowest BCUT2D eigenvalue weighted by Crippen LogP contribution is -2.30. The lowest BCUT2D eigenvalue weighted by molar-refractivity contribution is 0.575. The highest BCUT2D eigenvalue weighted by molar-refractivity contribution is 7.91. The van der Waals surface area contributed by atoms with Crippen molar-refractivity contribution in [1.82, 2.24) is 19.8 Å². The maximum atomic E-state index is 13.2. The number of halogens is 1. The van der Waals surface area contributed by atoms with E-state index < -0.39 is 9.84 Å². The zero-order valence-corrected chi connectivity index (χ0v) is 17.1. The van der Waals surface area contributed by atoms with Gasteiger partial charge in [-0.25, -0.2) is 13.4 Å². The predicted molar refractivity (Wildman–Crippen MR) is 109 cm³/mol. The summed E-state index contributed by atoms with van der Waals surface area (Å²) in [7, 11) is -3.90. The molecule has 28 heavy (non-hydrogen) atoms. The van der Waals surface area contributed by atoms with Crippen molar-refractivity contribution >= 4 is 54.5 Å². The van der Waals surface area contributed by atoms with E-state index in [0.717, 1.165) is 42.0 Å².